The number of aromatic amines is 1. The third kappa shape index (κ3) is 2.93. The first kappa shape index (κ1) is 13.1. The van der Waals surface area contributed by atoms with Gasteiger partial charge in [-0.1, -0.05) is 0 Å². The van der Waals surface area contributed by atoms with Crippen molar-refractivity contribution in [2.24, 2.45) is 0 Å². The van der Waals surface area contributed by atoms with Crippen molar-refractivity contribution in [1.29, 1.82) is 0 Å². The Hall–Kier alpha value is -2.31. The fraction of sp³-hybridized carbons (Fsp3) is 0.167. The fourth-order valence-electron chi connectivity index (χ4n) is 1.59. The van der Waals surface area contributed by atoms with Crippen LogP contribution in [0.25, 0.3) is 0 Å². The maximum atomic E-state index is 13.0. The topological polar surface area (TPSA) is 66.0 Å². The molecule has 2 rings (SSSR count). The Bertz CT molecular complexity index is 647. The van der Waals surface area contributed by atoms with E-state index in [1.165, 1.54) is 0 Å². The molecule has 1 heterocycles. The molecule has 0 fully saturated rings. The summed E-state index contributed by atoms with van der Waals surface area (Å²) in [6.45, 7) is 0. The zero-order chi connectivity index (χ0) is 14.0. The number of nitrogens with one attached hydrogen (secondary N) is 1. The van der Waals surface area contributed by atoms with Gasteiger partial charge in [-0.2, -0.15) is 5.10 Å². The number of halogens is 3. The van der Waals surface area contributed by atoms with Gasteiger partial charge in [0.1, 0.15) is 0 Å². The van der Waals surface area contributed by atoms with Crippen LogP contribution in [0.2, 0.25) is 0 Å². The number of rotatable bonds is 3. The molecule has 0 saturated heterocycles. The quantitative estimate of drug-likeness (QED) is 0.834. The molecule has 100 valence electrons. The van der Waals surface area contributed by atoms with Crippen molar-refractivity contribution >= 4 is 0 Å². The number of H-pyrrole nitrogens is 1. The summed E-state index contributed by atoms with van der Waals surface area (Å²) < 4.78 is 38.7. The molecule has 2 N–H and O–H groups in total. The fourth-order valence-corrected chi connectivity index (χ4v) is 1.59. The SMILES string of the molecule is O=c1[nH]nc(CCc2cc(F)c(F)c(F)c2)cc1O. The van der Waals surface area contributed by atoms with Gasteiger partial charge >= 0.3 is 5.56 Å². The Morgan fingerprint density at radius 1 is 1.11 bits per heavy atom. The lowest BCUT2D eigenvalue weighted by Crippen LogP contribution is -2.09. The van der Waals surface area contributed by atoms with Crippen LogP contribution in [0.1, 0.15) is 11.3 Å². The van der Waals surface area contributed by atoms with E-state index in [1.807, 2.05) is 0 Å². The Morgan fingerprint density at radius 2 is 1.74 bits per heavy atom. The highest BCUT2D eigenvalue weighted by Gasteiger charge is 2.11. The molecule has 0 aliphatic carbocycles. The predicted octanol–water partition coefficient (Wildman–Crippen LogP) is 1.68. The average Bonchev–Trinajstić information content (AvgIpc) is 2.37. The van der Waals surface area contributed by atoms with Gasteiger partial charge in [0.15, 0.2) is 23.2 Å². The van der Waals surface area contributed by atoms with E-state index in [4.69, 9.17) is 5.11 Å². The average molecular weight is 270 g/mol. The molecule has 7 heteroatoms. The molecule has 0 aliphatic heterocycles. The summed E-state index contributed by atoms with van der Waals surface area (Å²) >= 11 is 0. The normalized spacial score (nSPS) is 10.7. The van der Waals surface area contributed by atoms with Crippen LogP contribution in [-0.4, -0.2) is 15.3 Å². The highest BCUT2D eigenvalue weighted by molar-refractivity contribution is 5.22. The summed E-state index contributed by atoms with van der Waals surface area (Å²) in [6.07, 6.45) is 0.418. The summed E-state index contributed by atoms with van der Waals surface area (Å²) in [4.78, 5) is 10.9. The van der Waals surface area contributed by atoms with E-state index in [0.717, 1.165) is 18.2 Å². The van der Waals surface area contributed by atoms with E-state index in [0.29, 0.717) is 5.69 Å². The second kappa shape index (κ2) is 5.13. The Balaban J connectivity index is 2.14. The van der Waals surface area contributed by atoms with Gasteiger partial charge in [-0.15, -0.1) is 0 Å². The number of aryl methyl sites for hydroxylation is 2. The second-order valence-corrected chi connectivity index (χ2v) is 3.95. The van der Waals surface area contributed by atoms with Crippen LogP contribution >= 0.6 is 0 Å². The van der Waals surface area contributed by atoms with E-state index in [9.17, 15) is 18.0 Å². The van der Waals surface area contributed by atoms with Crippen LogP contribution in [0.15, 0.2) is 23.0 Å². The van der Waals surface area contributed by atoms with Crippen LogP contribution in [0.3, 0.4) is 0 Å². The summed E-state index contributed by atoms with van der Waals surface area (Å²) in [5.41, 5.74) is -0.117. The smallest absolute Gasteiger partial charge is 0.306 e. The van der Waals surface area contributed by atoms with Gasteiger partial charge < -0.3 is 5.11 Å². The minimum absolute atomic E-state index is 0.187. The standard InChI is InChI=1S/C12H9F3N2O2/c13-8-3-6(4-9(14)11(8)15)1-2-7-5-10(18)12(19)17-16-7/h3-5H,1-2H2,(H,16,18)(H,17,19). The van der Waals surface area contributed by atoms with Gasteiger partial charge in [0.2, 0.25) is 0 Å². The Kier molecular flexibility index (Phi) is 3.55. The van der Waals surface area contributed by atoms with E-state index >= 15 is 0 Å². The first-order valence-electron chi connectivity index (χ1n) is 5.38. The van der Waals surface area contributed by atoms with Gasteiger partial charge in [0.05, 0.1) is 5.69 Å². The van der Waals surface area contributed by atoms with Crippen LogP contribution in [0.4, 0.5) is 13.2 Å². The molecule has 1 aromatic heterocycles. The van der Waals surface area contributed by atoms with Gasteiger partial charge in [-0.3, -0.25) is 4.79 Å². The highest BCUT2D eigenvalue weighted by Crippen LogP contribution is 2.15. The Labute approximate surface area is 105 Å². The molecule has 0 spiro atoms. The summed E-state index contributed by atoms with van der Waals surface area (Å²) in [5.74, 6) is -4.51. The van der Waals surface area contributed by atoms with Crippen molar-refractivity contribution in [2.75, 3.05) is 0 Å². The minimum Gasteiger partial charge on any atom is -0.503 e. The van der Waals surface area contributed by atoms with E-state index in [2.05, 4.69) is 10.2 Å². The molecule has 0 saturated carbocycles. The van der Waals surface area contributed by atoms with Crippen molar-refractivity contribution in [3.8, 4) is 5.75 Å². The largest absolute Gasteiger partial charge is 0.503 e. The lowest BCUT2D eigenvalue weighted by atomic mass is 10.1. The number of aromatic nitrogens is 2. The van der Waals surface area contributed by atoms with Crippen LogP contribution in [0.5, 0.6) is 5.75 Å². The molecular formula is C12H9F3N2O2. The monoisotopic (exact) mass is 270 g/mol. The van der Waals surface area contributed by atoms with Crippen molar-refractivity contribution in [2.45, 2.75) is 12.8 Å². The first-order chi connectivity index (χ1) is 8.97. The third-order valence-corrected chi connectivity index (χ3v) is 2.55. The van der Waals surface area contributed by atoms with Crippen LogP contribution in [-0.2, 0) is 12.8 Å². The van der Waals surface area contributed by atoms with Crippen molar-refractivity contribution in [1.82, 2.24) is 10.2 Å². The number of hydrogen-bond acceptors (Lipinski definition) is 3. The maximum Gasteiger partial charge on any atom is 0.306 e. The summed E-state index contributed by atoms with van der Waals surface area (Å²) in [7, 11) is 0. The molecule has 1 aromatic carbocycles. The van der Waals surface area contributed by atoms with Crippen molar-refractivity contribution in [3.63, 3.8) is 0 Å². The molecule has 19 heavy (non-hydrogen) atoms. The van der Waals surface area contributed by atoms with E-state index in [-0.39, 0.29) is 18.4 Å². The van der Waals surface area contributed by atoms with Gasteiger partial charge in [0, 0.05) is 6.07 Å². The predicted molar refractivity (Wildman–Crippen MR) is 60.2 cm³/mol. The van der Waals surface area contributed by atoms with Gasteiger partial charge in [-0.05, 0) is 30.5 Å². The number of benzene rings is 1. The molecular weight excluding hydrogens is 261 g/mol. The second-order valence-electron chi connectivity index (χ2n) is 3.95. The molecule has 0 amide bonds. The zero-order valence-corrected chi connectivity index (χ0v) is 9.58. The summed E-state index contributed by atoms with van der Waals surface area (Å²) in [6, 6.07) is 2.95. The van der Waals surface area contributed by atoms with Crippen LogP contribution < -0.4 is 5.56 Å². The first-order valence-corrected chi connectivity index (χ1v) is 5.38. The lowest BCUT2D eigenvalue weighted by Gasteiger charge is -2.03. The molecule has 0 atom stereocenters. The van der Waals surface area contributed by atoms with Gasteiger partial charge in [0.25, 0.3) is 0 Å². The molecule has 0 unspecified atom stereocenters. The maximum absolute atomic E-state index is 13.0. The van der Waals surface area contributed by atoms with Crippen LogP contribution in [0, 0.1) is 17.5 Å². The minimum atomic E-state index is -1.51. The third-order valence-electron chi connectivity index (χ3n) is 2.55. The van der Waals surface area contributed by atoms with E-state index < -0.39 is 28.8 Å². The molecule has 0 aliphatic rings. The number of aromatic hydroxyl groups is 1. The molecule has 2 aromatic rings. The highest BCUT2D eigenvalue weighted by atomic mass is 19.2. The summed E-state index contributed by atoms with van der Waals surface area (Å²) in [5, 5.41) is 14.9. The Morgan fingerprint density at radius 3 is 2.32 bits per heavy atom. The van der Waals surface area contributed by atoms with Crippen molar-refractivity contribution in [3.05, 3.63) is 57.3 Å². The zero-order valence-electron chi connectivity index (χ0n) is 9.58. The molecule has 0 bridgehead atoms. The van der Waals surface area contributed by atoms with Crippen molar-refractivity contribution < 1.29 is 18.3 Å². The molecule has 4 nitrogen and oxygen atoms in total. The number of nitrogens with zero attached hydrogens (tertiary/aromatic N) is 1. The van der Waals surface area contributed by atoms with E-state index in [1.54, 1.807) is 0 Å². The number of hydrogen-bond donors (Lipinski definition) is 2. The molecule has 0 radical (unpaired) electrons. The van der Waals surface area contributed by atoms with Gasteiger partial charge in [-0.25, -0.2) is 18.3 Å². The lowest BCUT2D eigenvalue weighted by molar-refractivity contribution is 0.445.